The van der Waals surface area contributed by atoms with E-state index in [1.54, 1.807) is 0 Å². The molecule has 1 saturated carbocycles. The summed E-state index contributed by atoms with van der Waals surface area (Å²) in [7, 11) is 1.43. The van der Waals surface area contributed by atoms with Gasteiger partial charge in [0, 0.05) is 0 Å². The average Bonchev–Trinajstić information content (AvgIpc) is 2.54. The molecule has 2 nitrogen and oxygen atoms in total. The van der Waals surface area contributed by atoms with Crippen LogP contribution in [0.4, 0.5) is 0 Å². The first-order chi connectivity index (χ1) is 6.81. The zero-order chi connectivity index (χ0) is 9.97. The first-order valence-corrected chi connectivity index (χ1v) is 4.97. The van der Waals surface area contributed by atoms with E-state index in [9.17, 15) is 4.79 Å². The first-order valence-electron chi connectivity index (χ1n) is 4.97. The maximum atomic E-state index is 11.4. The molecule has 14 heavy (non-hydrogen) atoms. The second kappa shape index (κ2) is 3.82. The Labute approximate surface area is 83.9 Å². The zero-order valence-corrected chi connectivity index (χ0v) is 8.32. The summed E-state index contributed by atoms with van der Waals surface area (Å²) in [6, 6.07) is 0. The van der Waals surface area contributed by atoms with Crippen molar-refractivity contribution < 1.29 is 9.53 Å². The highest BCUT2D eigenvalue weighted by Crippen LogP contribution is 2.33. The Kier molecular flexibility index (Phi) is 2.53. The summed E-state index contributed by atoms with van der Waals surface area (Å²) in [6.07, 6.45) is 11.5. The number of ether oxygens (including phenoxy) is 1. The fourth-order valence-electron chi connectivity index (χ4n) is 2.02. The molecule has 2 heteroatoms. The van der Waals surface area contributed by atoms with Crippen LogP contribution in [0.5, 0.6) is 0 Å². The lowest BCUT2D eigenvalue weighted by Gasteiger charge is -2.05. The average molecular weight is 190 g/mol. The van der Waals surface area contributed by atoms with E-state index < -0.39 is 0 Å². The summed E-state index contributed by atoms with van der Waals surface area (Å²) in [4.78, 5) is 11.4. The number of carbonyl (C=O) groups is 1. The molecule has 0 amide bonds. The molecule has 0 aromatic rings. The molecular formula is C12H14O2. The lowest BCUT2D eigenvalue weighted by atomic mass is 10.0. The van der Waals surface area contributed by atoms with E-state index in [0.29, 0.717) is 0 Å². The number of methoxy groups -OCH3 is 1. The van der Waals surface area contributed by atoms with E-state index in [-0.39, 0.29) is 11.9 Å². The van der Waals surface area contributed by atoms with E-state index in [1.807, 2.05) is 18.2 Å². The maximum absolute atomic E-state index is 11.4. The smallest absolute Gasteiger partial charge is 0.316 e. The zero-order valence-electron chi connectivity index (χ0n) is 8.32. The molecule has 2 aliphatic rings. The highest BCUT2D eigenvalue weighted by atomic mass is 16.5. The minimum Gasteiger partial charge on any atom is -0.468 e. The predicted molar refractivity (Wildman–Crippen MR) is 54.7 cm³/mol. The maximum Gasteiger partial charge on any atom is 0.316 e. The summed E-state index contributed by atoms with van der Waals surface area (Å²) in [5.41, 5.74) is 2.71. The van der Waals surface area contributed by atoms with Gasteiger partial charge in [-0.2, -0.15) is 0 Å². The topological polar surface area (TPSA) is 26.3 Å². The molecule has 0 heterocycles. The summed E-state index contributed by atoms with van der Waals surface area (Å²) in [5, 5.41) is 0. The SMILES string of the molecule is COC(=O)C1C=CC=C2CCCC2=C1. The van der Waals surface area contributed by atoms with Gasteiger partial charge in [-0.15, -0.1) is 0 Å². The Bertz CT molecular complexity index is 334. The number of hydrogen-bond acceptors (Lipinski definition) is 2. The minimum absolute atomic E-state index is 0.171. The molecule has 0 aromatic heterocycles. The third-order valence-corrected chi connectivity index (χ3v) is 2.77. The minimum atomic E-state index is -0.193. The Morgan fingerprint density at radius 3 is 3.00 bits per heavy atom. The van der Waals surface area contributed by atoms with Crippen LogP contribution in [-0.2, 0) is 9.53 Å². The van der Waals surface area contributed by atoms with Gasteiger partial charge in [0.05, 0.1) is 13.0 Å². The molecule has 1 fully saturated rings. The predicted octanol–water partition coefficient (Wildman–Crippen LogP) is 2.38. The second-order valence-corrected chi connectivity index (χ2v) is 3.67. The Balaban J connectivity index is 2.25. The Hall–Kier alpha value is -1.31. The van der Waals surface area contributed by atoms with Crippen LogP contribution in [-0.4, -0.2) is 13.1 Å². The molecule has 2 aliphatic carbocycles. The van der Waals surface area contributed by atoms with E-state index in [1.165, 1.54) is 24.7 Å². The summed E-state index contributed by atoms with van der Waals surface area (Å²) in [5.74, 6) is -0.364. The number of carbonyl (C=O) groups excluding carboxylic acids is 1. The standard InChI is InChI=1S/C12H14O2/c1-14-12(13)11-7-3-5-9-4-2-6-10(9)8-11/h3,5,7-8,11H,2,4,6H2,1H3. The van der Waals surface area contributed by atoms with Crippen LogP contribution in [0.15, 0.2) is 35.5 Å². The van der Waals surface area contributed by atoms with E-state index in [0.717, 1.165) is 12.8 Å². The third kappa shape index (κ3) is 1.65. The molecule has 1 atom stereocenters. The molecule has 2 rings (SSSR count). The van der Waals surface area contributed by atoms with Crippen molar-refractivity contribution in [2.45, 2.75) is 19.3 Å². The highest BCUT2D eigenvalue weighted by molar-refractivity contribution is 5.77. The van der Waals surface area contributed by atoms with Crippen LogP contribution < -0.4 is 0 Å². The van der Waals surface area contributed by atoms with Crippen molar-refractivity contribution in [1.29, 1.82) is 0 Å². The van der Waals surface area contributed by atoms with Gasteiger partial charge in [0.2, 0.25) is 0 Å². The fourth-order valence-corrected chi connectivity index (χ4v) is 2.02. The van der Waals surface area contributed by atoms with Crippen LogP contribution in [0, 0.1) is 5.92 Å². The van der Waals surface area contributed by atoms with Crippen molar-refractivity contribution in [2.75, 3.05) is 7.11 Å². The highest BCUT2D eigenvalue weighted by Gasteiger charge is 2.20. The molecule has 0 N–H and O–H groups in total. The van der Waals surface area contributed by atoms with Gasteiger partial charge >= 0.3 is 5.97 Å². The van der Waals surface area contributed by atoms with E-state index >= 15 is 0 Å². The van der Waals surface area contributed by atoms with Crippen molar-refractivity contribution in [3.63, 3.8) is 0 Å². The number of allylic oxidation sites excluding steroid dienone is 4. The van der Waals surface area contributed by atoms with Crippen molar-refractivity contribution in [3.8, 4) is 0 Å². The van der Waals surface area contributed by atoms with Crippen LogP contribution in [0.1, 0.15) is 19.3 Å². The van der Waals surface area contributed by atoms with Crippen molar-refractivity contribution in [3.05, 3.63) is 35.5 Å². The normalized spacial score (nSPS) is 24.8. The fraction of sp³-hybridized carbons (Fsp3) is 0.417. The van der Waals surface area contributed by atoms with Gasteiger partial charge in [-0.3, -0.25) is 4.79 Å². The summed E-state index contributed by atoms with van der Waals surface area (Å²) >= 11 is 0. The van der Waals surface area contributed by atoms with Gasteiger partial charge in [0.1, 0.15) is 0 Å². The summed E-state index contributed by atoms with van der Waals surface area (Å²) < 4.78 is 4.74. The molecule has 74 valence electrons. The molecule has 0 bridgehead atoms. The monoisotopic (exact) mass is 190 g/mol. The van der Waals surface area contributed by atoms with Gasteiger partial charge in [-0.25, -0.2) is 0 Å². The van der Waals surface area contributed by atoms with E-state index in [2.05, 4.69) is 6.08 Å². The first kappa shape index (κ1) is 9.25. The number of hydrogen-bond donors (Lipinski definition) is 0. The number of rotatable bonds is 1. The Morgan fingerprint density at radius 2 is 2.21 bits per heavy atom. The molecule has 0 saturated heterocycles. The van der Waals surface area contributed by atoms with Crippen LogP contribution in [0.2, 0.25) is 0 Å². The molecule has 0 spiro atoms. The number of fused-ring (bicyclic) bond motifs is 1. The third-order valence-electron chi connectivity index (χ3n) is 2.77. The molecular weight excluding hydrogens is 176 g/mol. The molecule has 0 aliphatic heterocycles. The van der Waals surface area contributed by atoms with Gasteiger partial charge in [0.15, 0.2) is 0 Å². The lowest BCUT2D eigenvalue weighted by Crippen LogP contribution is -2.11. The van der Waals surface area contributed by atoms with E-state index in [4.69, 9.17) is 4.74 Å². The van der Waals surface area contributed by atoms with Crippen molar-refractivity contribution >= 4 is 5.97 Å². The van der Waals surface area contributed by atoms with Crippen molar-refractivity contribution in [1.82, 2.24) is 0 Å². The van der Waals surface area contributed by atoms with Gasteiger partial charge in [-0.1, -0.05) is 24.3 Å². The lowest BCUT2D eigenvalue weighted by molar-refractivity contribution is -0.142. The largest absolute Gasteiger partial charge is 0.468 e. The van der Waals surface area contributed by atoms with Crippen molar-refractivity contribution in [2.24, 2.45) is 5.92 Å². The quantitative estimate of drug-likeness (QED) is 0.593. The molecule has 0 aromatic carbocycles. The second-order valence-electron chi connectivity index (χ2n) is 3.67. The van der Waals surface area contributed by atoms with Crippen LogP contribution >= 0.6 is 0 Å². The molecule has 1 unspecified atom stereocenters. The van der Waals surface area contributed by atoms with Gasteiger partial charge in [0.25, 0.3) is 0 Å². The summed E-state index contributed by atoms with van der Waals surface area (Å²) in [6.45, 7) is 0. The Morgan fingerprint density at radius 1 is 1.43 bits per heavy atom. The molecule has 0 radical (unpaired) electrons. The van der Waals surface area contributed by atoms with Gasteiger partial charge < -0.3 is 4.74 Å². The van der Waals surface area contributed by atoms with Gasteiger partial charge in [-0.05, 0) is 30.4 Å². The van der Waals surface area contributed by atoms with Crippen LogP contribution in [0.3, 0.4) is 0 Å². The van der Waals surface area contributed by atoms with Crippen LogP contribution in [0.25, 0.3) is 0 Å². The number of esters is 1.